The molecule has 1 aromatic carbocycles. The van der Waals surface area contributed by atoms with Crippen LogP contribution < -0.4 is 10.5 Å². The van der Waals surface area contributed by atoms with Crippen LogP contribution in [0.25, 0.3) is 0 Å². The van der Waals surface area contributed by atoms with Crippen molar-refractivity contribution in [1.29, 1.82) is 0 Å². The number of rotatable bonds is 8. The summed E-state index contributed by atoms with van der Waals surface area (Å²) in [5.41, 5.74) is 7.80. The van der Waals surface area contributed by atoms with Gasteiger partial charge < -0.3 is 15.2 Å². The molecule has 2 N–H and O–H groups in total. The fourth-order valence-electron chi connectivity index (χ4n) is 2.01. The molecule has 0 spiro atoms. The summed E-state index contributed by atoms with van der Waals surface area (Å²) in [6.07, 6.45) is 0.405. The number of hydrogen-bond acceptors (Lipinski definition) is 5. The molecule has 20 heavy (non-hydrogen) atoms. The lowest BCUT2D eigenvalue weighted by atomic mass is 10.1. The van der Waals surface area contributed by atoms with Crippen LogP contribution in [0.5, 0.6) is 5.75 Å². The van der Waals surface area contributed by atoms with Gasteiger partial charge in [0.25, 0.3) is 0 Å². The molecule has 0 amide bonds. The smallest absolute Gasteiger partial charge is 0.306 e. The highest BCUT2D eigenvalue weighted by Crippen LogP contribution is 2.20. The summed E-state index contributed by atoms with van der Waals surface area (Å²) in [4.78, 5) is 13.4. The summed E-state index contributed by atoms with van der Waals surface area (Å²) in [6.45, 7) is 4.86. The van der Waals surface area contributed by atoms with Gasteiger partial charge in [0.15, 0.2) is 0 Å². The summed E-state index contributed by atoms with van der Waals surface area (Å²) >= 11 is 0. The molecule has 0 atom stereocenters. The minimum absolute atomic E-state index is 0.181. The number of carbonyl (C=O) groups is 1. The second-order valence-electron chi connectivity index (χ2n) is 4.55. The van der Waals surface area contributed by atoms with Crippen molar-refractivity contribution in [2.75, 3.05) is 27.3 Å². The monoisotopic (exact) mass is 280 g/mol. The fraction of sp³-hybridized carbons (Fsp3) is 0.533. The molecule has 0 bridgehead atoms. The van der Waals surface area contributed by atoms with Crippen molar-refractivity contribution in [3.63, 3.8) is 0 Å². The summed E-state index contributed by atoms with van der Waals surface area (Å²) in [5, 5.41) is 0. The molecule has 0 fully saturated rings. The highest BCUT2D eigenvalue weighted by Gasteiger charge is 2.09. The van der Waals surface area contributed by atoms with Crippen LogP contribution >= 0.6 is 0 Å². The van der Waals surface area contributed by atoms with Crippen molar-refractivity contribution < 1.29 is 14.3 Å². The standard InChI is InChI=1S/C15H24N2O3/c1-4-17(8-7-15(18)20-3)11-12-5-6-13(10-16)14(9-12)19-2/h5-6,9H,4,7-8,10-11,16H2,1-3H3. The first-order chi connectivity index (χ1) is 9.64. The van der Waals surface area contributed by atoms with Gasteiger partial charge in [0.2, 0.25) is 0 Å². The second-order valence-corrected chi connectivity index (χ2v) is 4.55. The zero-order chi connectivity index (χ0) is 15.0. The van der Waals surface area contributed by atoms with Crippen molar-refractivity contribution in [3.8, 4) is 5.75 Å². The van der Waals surface area contributed by atoms with Crippen molar-refractivity contribution in [2.45, 2.75) is 26.4 Å². The molecule has 0 saturated heterocycles. The van der Waals surface area contributed by atoms with E-state index in [0.29, 0.717) is 19.5 Å². The first-order valence-electron chi connectivity index (χ1n) is 6.79. The average molecular weight is 280 g/mol. The predicted octanol–water partition coefficient (Wildman–Crippen LogP) is 1.54. The summed E-state index contributed by atoms with van der Waals surface area (Å²) in [5.74, 6) is 0.633. The first-order valence-corrected chi connectivity index (χ1v) is 6.79. The van der Waals surface area contributed by atoms with E-state index in [1.807, 2.05) is 18.2 Å². The molecule has 0 aliphatic rings. The number of ether oxygens (including phenoxy) is 2. The van der Waals surface area contributed by atoms with E-state index in [4.69, 9.17) is 10.5 Å². The Morgan fingerprint density at radius 3 is 2.65 bits per heavy atom. The van der Waals surface area contributed by atoms with Crippen LogP contribution in [0.1, 0.15) is 24.5 Å². The first kappa shape index (κ1) is 16.5. The Morgan fingerprint density at radius 1 is 1.35 bits per heavy atom. The minimum atomic E-state index is -0.181. The molecule has 0 unspecified atom stereocenters. The van der Waals surface area contributed by atoms with Gasteiger partial charge in [-0.2, -0.15) is 0 Å². The lowest BCUT2D eigenvalue weighted by Crippen LogP contribution is -2.26. The van der Waals surface area contributed by atoms with Gasteiger partial charge in [0.1, 0.15) is 5.75 Å². The maximum Gasteiger partial charge on any atom is 0.306 e. The van der Waals surface area contributed by atoms with Crippen molar-refractivity contribution in [2.24, 2.45) is 5.73 Å². The quantitative estimate of drug-likeness (QED) is 0.732. The van der Waals surface area contributed by atoms with Crippen molar-refractivity contribution in [1.82, 2.24) is 4.90 Å². The SMILES string of the molecule is CCN(CCC(=O)OC)Cc1ccc(CN)c(OC)c1. The molecule has 0 aromatic heterocycles. The Labute approximate surface area is 120 Å². The number of hydrogen-bond donors (Lipinski definition) is 1. The molecule has 0 heterocycles. The zero-order valence-corrected chi connectivity index (χ0v) is 12.5. The van der Waals surface area contributed by atoms with Crippen LogP contribution in [-0.4, -0.2) is 38.2 Å². The number of esters is 1. The maximum atomic E-state index is 11.2. The van der Waals surface area contributed by atoms with E-state index in [1.54, 1.807) is 7.11 Å². The highest BCUT2D eigenvalue weighted by atomic mass is 16.5. The third-order valence-electron chi connectivity index (χ3n) is 3.28. The number of carbonyl (C=O) groups excluding carboxylic acids is 1. The lowest BCUT2D eigenvalue weighted by Gasteiger charge is -2.20. The van der Waals surface area contributed by atoms with Gasteiger partial charge in [-0.05, 0) is 18.2 Å². The van der Waals surface area contributed by atoms with Gasteiger partial charge in [0.05, 0.1) is 20.6 Å². The minimum Gasteiger partial charge on any atom is -0.496 e. The van der Waals surface area contributed by atoms with Gasteiger partial charge >= 0.3 is 5.97 Å². The molecular weight excluding hydrogens is 256 g/mol. The van der Waals surface area contributed by atoms with Crippen LogP contribution in [0.4, 0.5) is 0 Å². The molecule has 0 aliphatic heterocycles. The molecule has 5 heteroatoms. The number of nitrogens with two attached hydrogens (primary N) is 1. The normalized spacial score (nSPS) is 10.7. The Morgan fingerprint density at radius 2 is 2.10 bits per heavy atom. The molecule has 1 aromatic rings. The van der Waals surface area contributed by atoms with Crippen LogP contribution in [0.2, 0.25) is 0 Å². The third kappa shape index (κ3) is 4.83. The molecule has 112 valence electrons. The van der Waals surface area contributed by atoms with Crippen LogP contribution in [-0.2, 0) is 22.6 Å². The van der Waals surface area contributed by atoms with Crippen LogP contribution in [0, 0.1) is 0 Å². The fourth-order valence-corrected chi connectivity index (χ4v) is 2.01. The van der Waals surface area contributed by atoms with Gasteiger partial charge in [-0.25, -0.2) is 0 Å². The van der Waals surface area contributed by atoms with Gasteiger partial charge in [-0.3, -0.25) is 9.69 Å². The zero-order valence-electron chi connectivity index (χ0n) is 12.5. The maximum absolute atomic E-state index is 11.2. The van der Waals surface area contributed by atoms with E-state index in [0.717, 1.165) is 30.0 Å². The van der Waals surface area contributed by atoms with Crippen molar-refractivity contribution >= 4 is 5.97 Å². The predicted molar refractivity (Wildman–Crippen MR) is 78.5 cm³/mol. The van der Waals surface area contributed by atoms with E-state index < -0.39 is 0 Å². The second kappa shape index (κ2) is 8.55. The number of methoxy groups -OCH3 is 2. The van der Waals surface area contributed by atoms with E-state index in [9.17, 15) is 4.79 Å². The largest absolute Gasteiger partial charge is 0.496 e. The molecule has 0 aliphatic carbocycles. The molecule has 5 nitrogen and oxygen atoms in total. The molecular formula is C15H24N2O3. The number of benzene rings is 1. The van der Waals surface area contributed by atoms with E-state index in [2.05, 4.69) is 16.6 Å². The van der Waals surface area contributed by atoms with Crippen molar-refractivity contribution in [3.05, 3.63) is 29.3 Å². The summed E-state index contributed by atoms with van der Waals surface area (Å²) in [6, 6.07) is 6.04. The Hall–Kier alpha value is -1.59. The average Bonchev–Trinajstić information content (AvgIpc) is 2.50. The summed E-state index contributed by atoms with van der Waals surface area (Å²) in [7, 11) is 3.06. The van der Waals surface area contributed by atoms with Gasteiger partial charge in [0, 0.05) is 25.2 Å². The highest BCUT2D eigenvalue weighted by molar-refractivity contribution is 5.69. The van der Waals surface area contributed by atoms with Gasteiger partial charge in [-0.15, -0.1) is 0 Å². The summed E-state index contributed by atoms with van der Waals surface area (Å²) < 4.78 is 10.00. The van der Waals surface area contributed by atoms with Gasteiger partial charge in [-0.1, -0.05) is 19.1 Å². The van der Waals surface area contributed by atoms with E-state index >= 15 is 0 Å². The lowest BCUT2D eigenvalue weighted by molar-refractivity contribution is -0.141. The Bertz CT molecular complexity index is 435. The van der Waals surface area contributed by atoms with Crippen LogP contribution in [0.3, 0.4) is 0 Å². The molecule has 0 saturated carbocycles. The topological polar surface area (TPSA) is 64.8 Å². The Kier molecular flexibility index (Phi) is 7.04. The van der Waals surface area contributed by atoms with Crippen LogP contribution in [0.15, 0.2) is 18.2 Å². The van der Waals surface area contributed by atoms with E-state index in [1.165, 1.54) is 7.11 Å². The third-order valence-corrected chi connectivity index (χ3v) is 3.28. The number of nitrogens with zero attached hydrogens (tertiary/aromatic N) is 1. The molecule has 1 rings (SSSR count). The molecule has 0 radical (unpaired) electrons. The van der Waals surface area contributed by atoms with E-state index in [-0.39, 0.29) is 5.97 Å². The Balaban J connectivity index is 2.67.